The van der Waals surface area contributed by atoms with Crippen LogP contribution in [0.4, 0.5) is 0 Å². The van der Waals surface area contributed by atoms with E-state index in [2.05, 4.69) is 25.9 Å². The fourth-order valence-electron chi connectivity index (χ4n) is 3.04. The summed E-state index contributed by atoms with van der Waals surface area (Å²) in [5.74, 6) is 1.09. The van der Waals surface area contributed by atoms with E-state index in [0.29, 0.717) is 24.8 Å². The highest BCUT2D eigenvalue weighted by molar-refractivity contribution is 5.85. The molecule has 2 aromatic rings. The van der Waals surface area contributed by atoms with Gasteiger partial charge in [-0.1, -0.05) is 30.7 Å². The quantitative estimate of drug-likeness (QED) is 0.762. The molecule has 2 atom stereocenters. The van der Waals surface area contributed by atoms with Gasteiger partial charge < -0.3 is 11.1 Å². The Bertz CT molecular complexity index is 615. The summed E-state index contributed by atoms with van der Waals surface area (Å²) < 4.78 is 0. The normalized spacial score (nSPS) is 20.0. The standard InChI is InChI=1S/C15H20N6O.ClH/c16-8-12-2-1-3-13(12)15(22)17-9-10-4-6-11(7-5-10)14-18-20-21-19-14;/h4-7,12-13H,1-3,8-9,16H2,(H,17,22)(H,18,19,20,21);1H/t12-,13-;/m1./s1. The molecule has 7 nitrogen and oxygen atoms in total. The Morgan fingerprint density at radius 1 is 1.30 bits per heavy atom. The molecule has 0 saturated heterocycles. The van der Waals surface area contributed by atoms with E-state index < -0.39 is 0 Å². The topological polar surface area (TPSA) is 110 Å². The average molecular weight is 337 g/mol. The average Bonchev–Trinajstić information content (AvgIpc) is 3.24. The van der Waals surface area contributed by atoms with Crippen LogP contribution in [0.5, 0.6) is 0 Å². The van der Waals surface area contributed by atoms with Gasteiger partial charge in [-0.2, -0.15) is 5.21 Å². The highest BCUT2D eigenvalue weighted by Gasteiger charge is 2.31. The Hall–Kier alpha value is -1.99. The number of rotatable bonds is 5. The Kier molecular flexibility index (Phi) is 6.06. The molecule has 8 heteroatoms. The molecule has 0 radical (unpaired) electrons. The van der Waals surface area contributed by atoms with E-state index in [1.807, 2.05) is 24.3 Å². The van der Waals surface area contributed by atoms with Crippen molar-refractivity contribution in [2.45, 2.75) is 25.8 Å². The number of halogens is 1. The zero-order valence-electron chi connectivity index (χ0n) is 12.7. The predicted molar refractivity (Wildman–Crippen MR) is 88.6 cm³/mol. The van der Waals surface area contributed by atoms with Crippen LogP contribution in [-0.2, 0) is 11.3 Å². The zero-order valence-corrected chi connectivity index (χ0v) is 13.6. The third kappa shape index (κ3) is 4.05. The van der Waals surface area contributed by atoms with E-state index in [0.717, 1.165) is 30.4 Å². The first-order valence-electron chi connectivity index (χ1n) is 7.58. The number of benzene rings is 1. The summed E-state index contributed by atoms with van der Waals surface area (Å²) in [6.45, 7) is 1.12. The second kappa shape index (κ2) is 8.03. The van der Waals surface area contributed by atoms with Gasteiger partial charge in [-0.05, 0) is 36.1 Å². The van der Waals surface area contributed by atoms with Crippen LogP contribution in [0.15, 0.2) is 24.3 Å². The molecule has 23 heavy (non-hydrogen) atoms. The smallest absolute Gasteiger partial charge is 0.223 e. The van der Waals surface area contributed by atoms with Crippen molar-refractivity contribution in [1.82, 2.24) is 25.9 Å². The lowest BCUT2D eigenvalue weighted by molar-refractivity contribution is -0.126. The van der Waals surface area contributed by atoms with Gasteiger partial charge in [0.1, 0.15) is 0 Å². The van der Waals surface area contributed by atoms with Gasteiger partial charge in [-0.15, -0.1) is 22.6 Å². The van der Waals surface area contributed by atoms with Crippen LogP contribution in [0.3, 0.4) is 0 Å². The van der Waals surface area contributed by atoms with Crippen LogP contribution in [0, 0.1) is 11.8 Å². The van der Waals surface area contributed by atoms with Gasteiger partial charge in [-0.3, -0.25) is 4.79 Å². The second-order valence-electron chi connectivity index (χ2n) is 5.68. The predicted octanol–water partition coefficient (Wildman–Crippen LogP) is 1.28. The molecule has 1 amide bonds. The van der Waals surface area contributed by atoms with Gasteiger partial charge in [0, 0.05) is 18.0 Å². The number of tetrazole rings is 1. The molecule has 0 unspecified atom stereocenters. The minimum absolute atomic E-state index is 0. The first kappa shape index (κ1) is 17.4. The number of nitrogens with two attached hydrogens (primary N) is 1. The number of carbonyl (C=O) groups excluding carboxylic acids is 1. The van der Waals surface area contributed by atoms with Crippen molar-refractivity contribution in [2.24, 2.45) is 17.6 Å². The van der Waals surface area contributed by atoms with Gasteiger partial charge in [0.15, 0.2) is 0 Å². The van der Waals surface area contributed by atoms with Gasteiger partial charge >= 0.3 is 0 Å². The molecule has 1 aromatic heterocycles. The molecule has 124 valence electrons. The number of nitrogens with zero attached hydrogens (tertiary/aromatic N) is 3. The molecule has 3 rings (SSSR count). The van der Waals surface area contributed by atoms with E-state index >= 15 is 0 Å². The van der Waals surface area contributed by atoms with Crippen molar-refractivity contribution in [3.8, 4) is 11.4 Å². The number of hydrogen-bond donors (Lipinski definition) is 3. The Labute approximate surface area is 140 Å². The molecule has 1 saturated carbocycles. The minimum Gasteiger partial charge on any atom is -0.352 e. The zero-order chi connectivity index (χ0) is 15.4. The number of H-pyrrole nitrogens is 1. The fraction of sp³-hybridized carbons (Fsp3) is 0.467. The lowest BCUT2D eigenvalue weighted by Crippen LogP contribution is -2.34. The third-order valence-corrected chi connectivity index (χ3v) is 4.32. The van der Waals surface area contributed by atoms with Crippen LogP contribution in [0.25, 0.3) is 11.4 Å². The molecule has 1 aliphatic rings. The Balaban J connectivity index is 0.00000192. The Morgan fingerprint density at radius 3 is 2.74 bits per heavy atom. The van der Waals surface area contributed by atoms with Gasteiger partial charge in [-0.25, -0.2) is 0 Å². The van der Waals surface area contributed by atoms with Crippen LogP contribution < -0.4 is 11.1 Å². The highest BCUT2D eigenvalue weighted by Crippen LogP contribution is 2.31. The van der Waals surface area contributed by atoms with Crippen molar-refractivity contribution in [3.63, 3.8) is 0 Å². The molecule has 0 aliphatic heterocycles. The van der Waals surface area contributed by atoms with Crippen molar-refractivity contribution in [1.29, 1.82) is 0 Å². The monoisotopic (exact) mass is 336 g/mol. The number of hydrogen-bond acceptors (Lipinski definition) is 5. The van der Waals surface area contributed by atoms with Crippen LogP contribution in [0.1, 0.15) is 24.8 Å². The maximum atomic E-state index is 12.2. The van der Waals surface area contributed by atoms with Crippen molar-refractivity contribution in [3.05, 3.63) is 29.8 Å². The summed E-state index contributed by atoms with van der Waals surface area (Å²) in [7, 11) is 0. The summed E-state index contributed by atoms with van der Waals surface area (Å²) in [6, 6.07) is 7.76. The van der Waals surface area contributed by atoms with Gasteiger partial charge in [0.25, 0.3) is 0 Å². The van der Waals surface area contributed by atoms with Crippen LogP contribution >= 0.6 is 12.4 Å². The Morgan fingerprint density at radius 2 is 2.09 bits per heavy atom. The first-order chi connectivity index (χ1) is 10.8. The molecular formula is C15H21ClN6O. The van der Waals surface area contributed by atoms with E-state index in [1.165, 1.54) is 0 Å². The van der Waals surface area contributed by atoms with E-state index in [9.17, 15) is 4.79 Å². The van der Waals surface area contributed by atoms with Crippen LogP contribution in [0.2, 0.25) is 0 Å². The van der Waals surface area contributed by atoms with E-state index in [4.69, 9.17) is 5.73 Å². The molecule has 4 N–H and O–H groups in total. The first-order valence-corrected chi connectivity index (χ1v) is 7.58. The number of aromatic amines is 1. The molecule has 1 aromatic carbocycles. The molecule has 1 heterocycles. The largest absolute Gasteiger partial charge is 0.352 e. The second-order valence-corrected chi connectivity index (χ2v) is 5.68. The van der Waals surface area contributed by atoms with E-state index in [1.54, 1.807) is 0 Å². The van der Waals surface area contributed by atoms with Crippen molar-refractivity contribution < 1.29 is 4.79 Å². The molecule has 1 aliphatic carbocycles. The van der Waals surface area contributed by atoms with Crippen LogP contribution in [-0.4, -0.2) is 33.1 Å². The third-order valence-electron chi connectivity index (χ3n) is 4.32. The molecule has 0 bridgehead atoms. The molecule has 1 fully saturated rings. The minimum atomic E-state index is 0. The summed E-state index contributed by atoms with van der Waals surface area (Å²) in [4.78, 5) is 12.2. The van der Waals surface area contributed by atoms with Crippen molar-refractivity contribution in [2.75, 3.05) is 6.54 Å². The summed E-state index contributed by atoms with van der Waals surface area (Å²) in [5.41, 5.74) is 7.67. The fourth-order valence-corrected chi connectivity index (χ4v) is 3.04. The lowest BCUT2D eigenvalue weighted by atomic mass is 9.95. The maximum Gasteiger partial charge on any atom is 0.223 e. The van der Waals surface area contributed by atoms with Gasteiger partial charge in [0.2, 0.25) is 11.7 Å². The summed E-state index contributed by atoms with van der Waals surface area (Å²) >= 11 is 0. The molecule has 0 spiro atoms. The summed E-state index contributed by atoms with van der Waals surface area (Å²) in [6.07, 6.45) is 3.11. The number of amides is 1. The number of aromatic nitrogens is 4. The SMILES string of the molecule is Cl.NC[C@H]1CCC[C@H]1C(=O)NCc1ccc(-c2nn[nH]n2)cc1. The number of nitrogens with one attached hydrogen (secondary N) is 2. The van der Waals surface area contributed by atoms with Crippen molar-refractivity contribution >= 4 is 18.3 Å². The number of carbonyl (C=O) groups is 1. The van der Waals surface area contributed by atoms with E-state index in [-0.39, 0.29) is 24.2 Å². The maximum absolute atomic E-state index is 12.2. The lowest BCUT2D eigenvalue weighted by Gasteiger charge is -2.17. The summed E-state index contributed by atoms with van der Waals surface area (Å²) in [5, 5.41) is 16.8. The highest BCUT2D eigenvalue weighted by atomic mass is 35.5. The van der Waals surface area contributed by atoms with Gasteiger partial charge in [0.05, 0.1) is 0 Å². The molecular weight excluding hydrogens is 316 g/mol.